The van der Waals surface area contributed by atoms with Crippen molar-refractivity contribution >= 4 is 11.9 Å². The number of likely N-dealkylation sites (N-methyl/N-ethyl adjacent to an activating group) is 1. The summed E-state index contributed by atoms with van der Waals surface area (Å²) in [4.78, 5) is 26.2. The molecule has 6 heteroatoms. The Morgan fingerprint density at radius 1 is 0.784 bits per heavy atom. The minimum atomic E-state index is -0.690. The summed E-state index contributed by atoms with van der Waals surface area (Å²) in [6.45, 7) is 7.39. The van der Waals surface area contributed by atoms with E-state index < -0.39 is 12.2 Å². The number of carbonyl (C=O) groups is 2. The predicted octanol–water partition coefficient (Wildman–Crippen LogP) is 7.37. The highest BCUT2D eigenvalue weighted by Crippen LogP contribution is 2.15. The van der Waals surface area contributed by atoms with Crippen molar-refractivity contribution in [1.29, 1.82) is 0 Å². The van der Waals surface area contributed by atoms with Gasteiger partial charge in [0.2, 0.25) is 0 Å². The number of aliphatic hydroxyl groups excluding tert-OH is 1. The number of rotatable bonds is 26. The fourth-order valence-electron chi connectivity index (χ4n) is 4.24. The number of hydrogen-bond donors (Lipinski definition) is 1. The van der Waals surface area contributed by atoms with Gasteiger partial charge >= 0.3 is 11.9 Å². The minimum Gasteiger partial charge on any atom is -0.464 e. The number of aliphatic hydroxyl groups is 1. The van der Waals surface area contributed by atoms with Crippen LogP contribution < -0.4 is 0 Å². The third-order valence-corrected chi connectivity index (χ3v) is 6.69. The van der Waals surface area contributed by atoms with Crippen LogP contribution in [0, 0.1) is 0 Å². The number of hydrogen-bond acceptors (Lipinski definition) is 6. The molecular weight excluding hydrogens is 466 g/mol. The molecule has 2 atom stereocenters. The first-order valence-corrected chi connectivity index (χ1v) is 15.3. The second-order valence-electron chi connectivity index (χ2n) is 10.5. The zero-order valence-electron chi connectivity index (χ0n) is 24.7. The van der Waals surface area contributed by atoms with Crippen LogP contribution in [-0.2, 0) is 19.1 Å². The van der Waals surface area contributed by atoms with Gasteiger partial charge in [0.1, 0.15) is 12.7 Å². The summed E-state index contributed by atoms with van der Waals surface area (Å²) < 4.78 is 11.0. The van der Waals surface area contributed by atoms with E-state index in [1.807, 2.05) is 13.1 Å². The molecule has 1 N–H and O–H groups in total. The summed E-state index contributed by atoms with van der Waals surface area (Å²) in [6, 6.07) is 0. The van der Waals surface area contributed by atoms with Crippen LogP contribution in [0.2, 0.25) is 0 Å². The number of nitrogens with zero attached hydrogens (tertiary/aromatic N) is 1. The maximum Gasteiger partial charge on any atom is 0.320 e. The molecule has 0 rings (SSSR count). The van der Waals surface area contributed by atoms with Gasteiger partial charge in [-0.25, -0.2) is 0 Å². The molecule has 0 amide bonds. The molecule has 218 valence electrons. The smallest absolute Gasteiger partial charge is 0.320 e. The van der Waals surface area contributed by atoms with E-state index in [0.29, 0.717) is 25.8 Å². The van der Waals surface area contributed by atoms with E-state index in [1.54, 1.807) is 4.90 Å². The number of ether oxygens (including phenoxy) is 2. The lowest BCUT2D eigenvalue weighted by Gasteiger charge is -2.24. The lowest BCUT2D eigenvalue weighted by molar-refractivity contribution is -0.156. The highest BCUT2D eigenvalue weighted by Gasteiger charge is 2.23. The highest BCUT2D eigenvalue weighted by atomic mass is 16.6. The molecule has 0 heterocycles. The monoisotopic (exact) mass is 525 g/mol. The molecule has 37 heavy (non-hydrogen) atoms. The molecule has 6 nitrogen and oxygen atoms in total. The molecule has 0 radical (unpaired) electrons. The Balaban J connectivity index is 4.29. The average Bonchev–Trinajstić information content (AvgIpc) is 2.87. The maximum absolute atomic E-state index is 12.5. The number of unbranched alkanes of at least 4 members (excludes halogenated alkanes) is 12. The van der Waals surface area contributed by atoms with Crippen LogP contribution in [-0.4, -0.2) is 60.9 Å². The first-order valence-electron chi connectivity index (χ1n) is 15.3. The Morgan fingerprint density at radius 2 is 1.38 bits per heavy atom. The molecule has 0 aromatic rings. The van der Waals surface area contributed by atoms with Crippen molar-refractivity contribution in [2.45, 2.75) is 149 Å². The van der Waals surface area contributed by atoms with E-state index in [4.69, 9.17) is 9.47 Å². The van der Waals surface area contributed by atoms with Gasteiger partial charge in [0.15, 0.2) is 0 Å². The van der Waals surface area contributed by atoms with Crippen molar-refractivity contribution in [1.82, 2.24) is 4.90 Å². The lowest BCUT2D eigenvalue weighted by atomic mass is 10.0. The molecule has 0 aliphatic rings. The van der Waals surface area contributed by atoms with E-state index >= 15 is 0 Å². The summed E-state index contributed by atoms with van der Waals surface area (Å²) in [5.74, 6) is -0.516. The highest BCUT2D eigenvalue weighted by molar-refractivity contribution is 5.72. The summed E-state index contributed by atoms with van der Waals surface area (Å²) in [6.07, 6.45) is 21.9. The number of carbonyl (C=O) groups excluding carboxylic acids is 2. The first kappa shape index (κ1) is 35.6. The Labute approximate surface area is 228 Å². The summed E-state index contributed by atoms with van der Waals surface area (Å²) >= 11 is 0. The van der Waals surface area contributed by atoms with E-state index in [0.717, 1.165) is 44.9 Å². The molecule has 0 aliphatic heterocycles. The van der Waals surface area contributed by atoms with E-state index in [-0.39, 0.29) is 25.1 Å². The zero-order chi connectivity index (χ0) is 27.6. The second-order valence-corrected chi connectivity index (χ2v) is 10.5. The average molecular weight is 526 g/mol. The third kappa shape index (κ3) is 23.4. The fraction of sp³-hybridized carbons (Fsp3) is 0.871. The molecule has 0 aromatic heterocycles. The van der Waals surface area contributed by atoms with Crippen LogP contribution in [0.5, 0.6) is 0 Å². The van der Waals surface area contributed by atoms with Gasteiger partial charge in [-0.05, 0) is 45.6 Å². The second kappa shape index (κ2) is 26.2. The van der Waals surface area contributed by atoms with Crippen LogP contribution in [0.4, 0.5) is 0 Å². The quantitative estimate of drug-likeness (QED) is 0.0722. The van der Waals surface area contributed by atoms with Gasteiger partial charge < -0.3 is 14.6 Å². The van der Waals surface area contributed by atoms with Gasteiger partial charge in [-0.2, -0.15) is 0 Å². The van der Waals surface area contributed by atoms with Crippen molar-refractivity contribution in [3.63, 3.8) is 0 Å². The standard InChI is InChI=1S/C31H59NO5/c1-5-8-11-13-14-15-16-18-20-22-28(33)29(23-19-10-7-3)37-31(35)27-32(4)25-26-36-30(34)24-21-17-12-9-6-2/h18,20,28-29,33H,5-17,19,21-27H2,1-4H3/b20-18-. The van der Waals surface area contributed by atoms with Gasteiger partial charge in [0.25, 0.3) is 0 Å². The summed E-state index contributed by atoms with van der Waals surface area (Å²) in [5.41, 5.74) is 0. The van der Waals surface area contributed by atoms with Gasteiger partial charge in [0, 0.05) is 13.0 Å². The minimum absolute atomic E-state index is 0.111. The Kier molecular flexibility index (Phi) is 25.2. The number of esters is 2. The predicted molar refractivity (Wildman–Crippen MR) is 154 cm³/mol. The van der Waals surface area contributed by atoms with Crippen molar-refractivity contribution in [2.75, 3.05) is 26.7 Å². The molecular formula is C31H59NO5. The van der Waals surface area contributed by atoms with Crippen molar-refractivity contribution in [3.8, 4) is 0 Å². The van der Waals surface area contributed by atoms with Crippen molar-refractivity contribution < 1.29 is 24.2 Å². The third-order valence-electron chi connectivity index (χ3n) is 6.69. The Hall–Kier alpha value is -1.40. The topological polar surface area (TPSA) is 76.1 Å². The van der Waals surface area contributed by atoms with Crippen LogP contribution >= 0.6 is 0 Å². The fourth-order valence-corrected chi connectivity index (χ4v) is 4.24. The molecule has 0 aliphatic carbocycles. The maximum atomic E-state index is 12.5. The molecule has 0 saturated heterocycles. The molecule has 0 aromatic carbocycles. The van der Waals surface area contributed by atoms with Crippen LogP contribution in [0.15, 0.2) is 12.2 Å². The van der Waals surface area contributed by atoms with Crippen molar-refractivity contribution in [3.05, 3.63) is 12.2 Å². The lowest BCUT2D eigenvalue weighted by Crippen LogP contribution is -2.36. The first-order chi connectivity index (χ1) is 17.9. The zero-order valence-corrected chi connectivity index (χ0v) is 24.7. The molecule has 0 saturated carbocycles. The van der Waals surface area contributed by atoms with E-state index in [1.165, 1.54) is 51.4 Å². The summed E-state index contributed by atoms with van der Waals surface area (Å²) in [7, 11) is 1.81. The van der Waals surface area contributed by atoms with Crippen LogP contribution in [0.1, 0.15) is 136 Å². The Bertz CT molecular complexity index is 566. The summed E-state index contributed by atoms with van der Waals surface area (Å²) in [5, 5.41) is 10.7. The van der Waals surface area contributed by atoms with E-state index in [2.05, 4.69) is 26.8 Å². The van der Waals surface area contributed by atoms with Crippen molar-refractivity contribution in [2.24, 2.45) is 0 Å². The van der Waals surface area contributed by atoms with Gasteiger partial charge in [-0.15, -0.1) is 0 Å². The largest absolute Gasteiger partial charge is 0.464 e. The van der Waals surface area contributed by atoms with E-state index in [9.17, 15) is 14.7 Å². The SMILES string of the molecule is CCCCCCCC/C=C\CC(O)C(CCCCC)OC(=O)CN(C)CCOC(=O)CCCCCCC. The normalized spacial score (nSPS) is 13.2. The molecule has 2 unspecified atom stereocenters. The molecule has 0 fully saturated rings. The molecule has 0 bridgehead atoms. The molecule has 0 spiro atoms. The number of allylic oxidation sites excluding steroid dienone is 1. The van der Waals surface area contributed by atoms with Gasteiger partial charge in [-0.3, -0.25) is 14.5 Å². The van der Waals surface area contributed by atoms with Gasteiger partial charge in [-0.1, -0.05) is 104 Å². The Morgan fingerprint density at radius 3 is 2.05 bits per heavy atom. The van der Waals surface area contributed by atoms with Crippen LogP contribution in [0.25, 0.3) is 0 Å². The van der Waals surface area contributed by atoms with Gasteiger partial charge in [0.05, 0.1) is 12.6 Å². The van der Waals surface area contributed by atoms with Crippen LogP contribution in [0.3, 0.4) is 0 Å².